The molecule has 5 nitrogen and oxygen atoms in total. The fraction of sp³-hybridized carbons (Fsp3) is 0.130. The first-order valence-corrected chi connectivity index (χ1v) is 9.86. The molecular weight excluding hydrogens is 425 g/mol. The van der Waals surface area contributed by atoms with Gasteiger partial charge in [-0.05, 0) is 29.3 Å². The maximum atomic E-state index is 12.6. The van der Waals surface area contributed by atoms with Crippen LogP contribution in [0.1, 0.15) is 15.9 Å². The zero-order valence-corrected chi connectivity index (χ0v) is 17.6. The number of nitrogens with one attached hydrogen (secondary N) is 1. The predicted octanol–water partition coefficient (Wildman–Crippen LogP) is 5.09. The van der Waals surface area contributed by atoms with Crippen LogP contribution >= 0.6 is 23.2 Å². The average Bonchev–Trinajstić information content (AvgIpc) is 2.73. The number of para-hydroxylation sites is 1. The summed E-state index contributed by atoms with van der Waals surface area (Å²) >= 11 is 12.1. The number of halogens is 2. The van der Waals surface area contributed by atoms with Gasteiger partial charge in [0.2, 0.25) is 0 Å². The molecule has 0 radical (unpaired) electrons. The van der Waals surface area contributed by atoms with E-state index in [1.54, 1.807) is 13.2 Å². The topological polar surface area (TPSA) is 75.6 Å². The number of amides is 1. The first kappa shape index (κ1) is 21.7. The molecule has 154 valence electrons. The molecule has 0 aliphatic heterocycles. The van der Waals surface area contributed by atoms with E-state index >= 15 is 0 Å². The van der Waals surface area contributed by atoms with Gasteiger partial charge in [0, 0.05) is 12.0 Å². The Morgan fingerprint density at radius 1 is 1.00 bits per heavy atom. The van der Waals surface area contributed by atoms with Gasteiger partial charge in [-0.3, -0.25) is 4.79 Å². The molecule has 0 aliphatic rings. The van der Waals surface area contributed by atoms with E-state index in [1.807, 2.05) is 48.5 Å². The summed E-state index contributed by atoms with van der Waals surface area (Å²) < 4.78 is 5.41. The van der Waals surface area contributed by atoms with Crippen LogP contribution in [-0.4, -0.2) is 30.1 Å². The number of aliphatic carboxylic acids is 1. The molecule has 3 rings (SSSR count). The second kappa shape index (κ2) is 9.65. The molecule has 0 bridgehead atoms. The number of rotatable bonds is 7. The number of methoxy groups -OCH3 is 1. The Bertz CT molecular complexity index is 1060. The van der Waals surface area contributed by atoms with Crippen LogP contribution in [0.3, 0.4) is 0 Å². The first-order chi connectivity index (χ1) is 14.4. The molecule has 0 spiro atoms. The Hall–Kier alpha value is -3.02. The van der Waals surface area contributed by atoms with Crippen molar-refractivity contribution in [3.8, 4) is 16.9 Å². The number of carboxylic acid groups (broad SMARTS) is 1. The van der Waals surface area contributed by atoms with E-state index in [4.69, 9.17) is 27.9 Å². The van der Waals surface area contributed by atoms with Crippen molar-refractivity contribution >= 4 is 35.1 Å². The molecule has 1 unspecified atom stereocenters. The fourth-order valence-corrected chi connectivity index (χ4v) is 3.70. The lowest BCUT2D eigenvalue weighted by Gasteiger charge is -2.17. The van der Waals surface area contributed by atoms with E-state index in [0.29, 0.717) is 5.75 Å². The van der Waals surface area contributed by atoms with E-state index in [0.717, 1.165) is 16.7 Å². The molecule has 0 heterocycles. The molecule has 0 aliphatic carbocycles. The number of hydrogen-bond acceptors (Lipinski definition) is 3. The van der Waals surface area contributed by atoms with E-state index in [-0.39, 0.29) is 22.0 Å². The van der Waals surface area contributed by atoms with Gasteiger partial charge in [-0.2, -0.15) is 0 Å². The summed E-state index contributed by atoms with van der Waals surface area (Å²) in [6.07, 6.45) is 0.0894. The lowest BCUT2D eigenvalue weighted by Crippen LogP contribution is -2.42. The Labute approximate surface area is 184 Å². The third-order valence-corrected chi connectivity index (χ3v) is 5.21. The summed E-state index contributed by atoms with van der Waals surface area (Å²) in [7, 11) is 1.60. The lowest BCUT2D eigenvalue weighted by atomic mass is 9.98. The number of carboxylic acids is 1. The maximum Gasteiger partial charge on any atom is 0.326 e. The second-order valence-electron chi connectivity index (χ2n) is 6.57. The number of carbonyl (C=O) groups excluding carboxylic acids is 1. The van der Waals surface area contributed by atoms with E-state index in [9.17, 15) is 14.7 Å². The molecule has 2 N–H and O–H groups in total. The van der Waals surface area contributed by atoms with Crippen molar-refractivity contribution in [3.05, 3.63) is 87.9 Å². The minimum absolute atomic E-state index is 0.0508. The van der Waals surface area contributed by atoms with Crippen LogP contribution in [0.15, 0.2) is 66.7 Å². The zero-order chi connectivity index (χ0) is 21.7. The molecule has 3 aromatic rings. The summed E-state index contributed by atoms with van der Waals surface area (Å²) in [4.78, 5) is 24.4. The first-order valence-electron chi connectivity index (χ1n) is 9.10. The van der Waals surface area contributed by atoms with Gasteiger partial charge < -0.3 is 15.2 Å². The summed E-state index contributed by atoms with van der Waals surface area (Å²) in [5, 5.41) is 12.5. The SMILES string of the molecule is COc1ccccc1-c1cccc(CC(NC(=O)c2c(Cl)cccc2Cl)C(=O)O)c1. The maximum absolute atomic E-state index is 12.6. The highest BCUT2D eigenvalue weighted by atomic mass is 35.5. The van der Waals surface area contributed by atoms with Crippen molar-refractivity contribution in [3.63, 3.8) is 0 Å². The molecular formula is C23H19Cl2NO4. The van der Waals surface area contributed by atoms with Crippen molar-refractivity contribution in [2.75, 3.05) is 7.11 Å². The van der Waals surface area contributed by atoms with Gasteiger partial charge in [0.05, 0.1) is 22.7 Å². The van der Waals surface area contributed by atoms with Crippen molar-refractivity contribution in [1.29, 1.82) is 0 Å². The van der Waals surface area contributed by atoms with Crippen LogP contribution in [0.25, 0.3) is 11.1 Å². The van der Waals surface area contributed by atoms with Crippen LogP contribution in [0.2, 0.25) is 10.0 Å². The van der Waals surface area contributed by atoms with Gasteiger partial charge in [-0.15, -0.1) is 0 Å². The van der Waals surface area contributed by atoms with Gasteiger partial charge in [0.1, 0.15) is 11.8 Å². The summed E-state index contributed by atoms with van der Waals surface area (Å²) in [5.74, 6) is -1.08. The highest BCUT2D eigenvalue weighted by molar-refractivity contribution is 6.39. The largest absolute Gasteiger partial charge is 0.496 e. The van der Waals surface area contributed by atoms with Crippen LogP contribution in [0, 0.1) is 0 Å². The van der Waals surface area contributed by atoms with Crippen molar-refractivity contribution < 1.29 is 19.4 Å². The van der Waals surface area contributed by atoms with Gasteiger partial charge in [-0.1, -0.05) is 71.7 Å². The predicted molar refractivity (Wildman–Crippen MR) is 117 cm³/mol. The van der Waals surface area contributed by atoms with Crippen molar-refractivity contribution in [2.24, 2.45) is 0 Å². The Kier molecular flexibility index (Phi) is 6.98. The summed E-state index contributed by atoms with van der Waals surface area (Å²) in [6, 6.07) is 18.5. The monoisotopic (exact) mass is 443 g/mol. The number of hydrogen-bond donors (Lipinski definition) is 2. The standard InChI is InChI=1S/C23H19Cl2NO4/c1-30-20-11-3-2-8-16(20)15-7-4-6-14(12-15)13-19(23(28)29)26-22(27)21-17(24)9-5-10-18(21)25/h2-12,19H,13H2,1H3,(H,26,27)(H,28,29). The summed E-state index contributed by atoms with van der Waals surface area (Å²) in [5.41, 5.74) is 2.57. The molecule has 0 saturated heterocycles. The van der Waals surface area contributed by atoms with Crippen LogP contribution in [0.4, 0.5) is 0 Å². The van der Waals surface area contributed by atoms with Crippen LogP contribution < -0.4 is 10.1 Å². The van der Waals surface area contributed by atoms with Gasteiger partial charge >= 0.3 is 5.97 Å². The second-order valence-corrected chi connectivity index (χ2v) is 7.38. The molecule has 1 atom stereocenters. The normalized spacial score (nSPS) is 11.6. The molecule has 0 saturated carbocycles. The molecule has 7 heteroatoms. The highest BCUT2D eigenvalue weighted by Crippen LogP contribution is 2.30. The highest BCUT2D eigenvalue weighted by Gasteiger charge is 2.24. The quantitative estimate of drug-likeness (QED) is 0.532. The lowest BCUT2D eigenvalue weighted by molar-refractivity contribution is -0.139. The number of ether oxygens (including phenoxy) is 1. The Balaban J connectivity index is 1.84. The molecule has 0 aromatic heterocycles. The van der Waals surface area contributed by atoms with E-state index in [1.165, 1.54) is 12.1 Å². The van der Waals surface area contributed by atoms with Crippen LogP contribution in [0.5, 0.6) is 5.75 Å². The van der Waals surface area contributed by atoms with E-state index in [2.05, 4.69) is 5.32 Å². The zero-order valence-electron chi connectivity index (χ0n) is 16.1. The van der Waals surface area contributed by atoms with E-state index < -0.39 is 17.9 Å². The van der Waals surface area contributed by atoms with Crippen molar-refractivity contribution in [1.82, 2.24) is 5.32 Å². The molecule has 30 heavy (non-hydrogen) atoms. The Morgan fingerprint density at radius 2 is 1.67 bits per heavy atom. The Morgan fingerprint density at radius 3 is 2.33 bits per heavy atom. The molecule has 3 aromatic carbocycles. The van der Waals surface area contributed by atoms with Crippen LogP contribution in [-0.2, 0) is 11.2 Å². The third-order valence-electron chi connectivity index (χ3n) is 4.58. The average molecular weight is 444 g/mol. The fourth-order valence-electron chi connectivity index (χ4n) is 3.13. The number of benzene rings is 3. The van der Waals surface area contributed by atoms with Gasteiger partial charge in [-0.25, -0.2) is 4.79 Å². The third kappa shape index (κ3) is 4.93. The van der Waals surface area contributed by atoms with Gasteiger partial charge in [0.25, 0.3) is 5.91 Å². The number of carbonyl (C=O) groups is 2. The molecule has 1 amide bonds. The molecule has 0 fully saturated rings. The smallest absolute Gasteiger partial charge is 0.326 e. The van der Waals surface area contributed by atoms with Crippen molar-refractivity contribution in [2.45, 2.75) is 12.5 Å². The summed E-state index contributed by atoms with van der Waals surface area (Å²) in [6.45, 7) is 0. The minimum Gasteiger partial charge on any atom is -0.496 e. The minimum atomic E-state index is -1.16. The van der Waals surface area contributed by atoms with Gasteiger partial charge in [0.15, 0.2) is 0 Å².